The van der Waals surface area contributed by atoms with Gasteiger partial charge in [0, 0.05) is 39.6 Å². The molecule has 1 aromatic rings. The molecule has 2 saturated heterocycles. The van der Waals surface area contributed by atoms with Crippen LogP contribution < -0.4 is 10.4 Å². The van der Waals surface area contributed by atoms with Crippen molar-refractivity contribution in [1.82, 2.24) is 0 Å². The number of furan rings is 1. The van der Waals surface area contributed by atoms with Crippen LogP contribution in [0.5, 0.6) is 0 Å². The van der Waals surface area contributed by atoms with E-state index < -0.39 is 62.6 Å². The largest absolute Gasteiger partial charge is 0.498 e. The van der Waals surface area contributed by atoms with Crippen molar-refractivity contribution >= 4 is 18.5 Å². The van der Waals surface area contributed by atoms with Gasteiger partial charge in [-0.3, -0.25) is 0 Å². The normalized spacial score (nSPS) is 43.5. The molecule has 1 aromatic heterocycles. The summed E-state index contributed by atoms with van der Waals surface area (Å²) in [7, 11) is -1.23. The summed E-state index contributed by atoms with van der Waals surface area (Å²) in [4.78, 5) is 0.171. The highest BCUT2D eigenvalue weighted by atomic mass is 16.7. The molecular weight excluding hydrogens is 253 g/mol. The molecule has 0 aliphatic carbocycles. The first-order valence-electron chi connectivity index (χ1n) is 11.8. The van der Waals surface area contributed by atoms with Gasteiger partial charge in [-0.05, 0) is 47.3 Å². The molecule has 3 heterocycles. The molecule has 3 rings (SSSR count). The minimum Gasteiger partial charge on any atom is -0.446 e. The van der Waals surface area contributed by atoms with Crippen molar-refractivity contribution in [1.29, 1.82) is 0 Å². The number of aryl methyl sites for hydroxylation is 1. The first-order valence-corrected chi connectivity index (χ1v) is 6.32. The van der Waals surface area contributed by atoms with E-state index >= 15 is 0 Å². The third-order valence-corrected chi connectivity index (χ3v) is 3.87. The van der Waals surface area contributed by atoms with Gasteiger partial charge < -0.3 is 18.6 Å². The predicted molar refractivity (Wildman–Crippen MR) is 80.6 cm³/mol. The smallest absolute Gasteiger partial charge is 0.446 e. The van der Waals surface area contributed by atoms with Crippen LogP contribution in [0.4, 0.5) is 5.88 Å². The second kappa shape index (κ2) is 4.53. The van der Waals surface area contributed by atoms with Crippen LogP contribution >= 0.6 is 0 Å². The lowest BCUT2D eigenvalue weighted by molar-refractivity contribution is 0.00578. The highest BCUT2D eigenvalue weighted by Crippen LogP contribution is 2.37. The zero-order valence-corrected chi connectivity index (χ0v) is 11.8. The molecule has 2 fully saturated rings. The topological polar surface area (TPSA) is 34.8 Å². The maximum Gasteiger partial charge on any atom is 0.498 e. The first-order chi connectivity index (χ1) is 13.5. The van der Waals surface area contributed by atoms with E-state index in [2.05, 4.69) is 0 Å². The molecule has 0 saturated carbocycles. The summed E-state index contributed by atoms with van der Waals surface area (Å²) in [6, 6.07) is 1.01. The number of hydrogen-bond acceptors (Lipinski definition) is 4. The van der Waals surface area contributed by atoms with Crippen LogP contribution in [0.15, 0.2) is 10.5 Å². The van der Waals surface area contributed by atoms with Gasteiger partial charge in [-0.25, -0.2) is 0 Å². The van der Waals surface area contributed by atoms with Crippen LogP contribution in [0.25, 0.3) is 0 Å². The Morgan fingerprint density at radius 1 is 1.20 bits per heavy atom. The lowest BCUT2D eigenvalue weighted by Gasteiger charge is -2.32. The van der Waals surface area contributed by atoms with Crippen LogP contribution in [0.1, 0.15) is 61.3 Å². The van der Waals surface area contributed by atoms with Gasteiger partial charge >= 0.3 is 7.12 Å². The van der Waals surface area contributed by atoms with Crippen molar-refractivity contribution in [2.45, 2.75) is 58.5 Å². The summed E-state index contributed by atoms with van der Waals surface area (Å²) >= 11 is 0. The highest BCUT2D eigenvalue weighted by molar-refractivity contribution is 6.62. The maximum absolute atomic E-state index is 8.14. The van der Waals surface area contributed by atoms with Gasteiger partial charge in [0.1, 0.15) is 5.76 Å². The minimum absolute atomic E-state index is 0.131. The molecular formula is C15H24BNO3. The average molecular weight is 288 g/mol. The van der Waals surface area contributed by atoms with Crippen LogP contribution in [0.3, 0.4) is 0 Å². The summed E-state index contributed by atoms with van der Waals surface area (Å²) < 4.78 is 105. The molecule has 0 bridgehead atoms. The van der Waals surface area contributed by atoms with Crippen molar-refractivity contribution in [3.8, 4) is 0 Å². The van der Waals surface area contributed by atoms with E-state index in [9.17, 15) is 0 Å². The molecule has 0 radical (unpaired) electrons. The molecule has 2 aliphatic rings. The quantitative estimate of drug-likeness (QED) is 0.783. The van der Waals surface area contributed by atoms with Crippen molar-refractivity contribution in [2.75, 3.05) is 17.9 Å². The molecule has 0 aromatic carbocycles. The van der Waals surface area contributed by atoms with Crippen LogP contribution in [0.2, 0.25) is 0 Å². The van der Waals surface area contributed by atoms with Gasteiger partial charge in [0.25, 0.3) is 0 Å². The fourth-order valence-electron chi connectivity index (χ4n) is 1.95. The average Bonchev–Trinajstić information content (AvgIpc) is 3.06. The molecule has 4 nitrogen and oxygen atoms in total. The van der Waals surface area contributed by atoms with Gasteiger partial charge in [0.2, 0.25) is 0 Å². The molecule has 0 amide bonds. The van der Waals surface area contributed by atoms with Crippen LogP contribution in [0, 0.1) is 6.85 Å². The number of nitrogens with zero attached hydrogens (tertiary/aromatic N) is 1. The number of rotatable bonds is 2. The Hall–Kier alpha value is -0.935. The van der Waals surface area contributed by atoms with Gasteiger partial charge in [-0.2, -0.15) is 0 Å². The number of anilines is 1. The van der Waals surface area contributed by atoms with E-state index in [1.54, 1.807) is 27.7 Å². The van der Waals surface area contributed by atoms with Gasteiger partial charge in [0.15, 0.2) is 5.88 Å². The molecule has 5 heteroatoms. The monoisotopic (exact) mass is 288 g/mol. The van der Waals surface area contributed by atoms with E-state index in [1.807, 2.05) is 0 Å². The Morgan fingerprint density at radius 2 is 1.80 bits per heavy atom. The lowest BCUT2D eigenvalue weighted by Crippen LogP contribution is -2.41. The number of hydrogen-bond donors (Lipinski definition) is 0. The van der Waals surface area contributed by atoms with Crippen molar-refractivity contribution < 1.29 is 28.8 Å². The van der Waals surface area contributed by atoms with E-state index in [1.165, 1.54) is 0 Å². The Balaban J connectivity index is 2.19. The molecule has 0 spiro atoms. The van der Waals surface area contributed by atoms with Crippen LogP contribution in [-0.4, -0.2) is 31.3 Å². The molecule has 0 unspecified atom stereocenters. The zero-order valence-electron chi connectivity index (χ0n) is 22.8. The third-order valence-electron chi connectivity index (χ3n) is 3.87. The third kappa shape index (κ3) is 2.17. The summed E-state index contributed by atoms with van der Waals surface area (Å²) in [5.74, 6) is -1.32. The predicted octanol–water partition coefficient (Wildman–Crippen LogP) is 2.49. The standard InChI is InChI=1S/C15H24BNO3/c1-11-12(10-13(18-11)17-8-6-7-9-17)16-19-14(2,3)15(4,5)20-16/h10H,6-9H2,1-5H3/i1D3,6D2,7D2,8D2,9D2. The second-order valence-corrected chi connectivity index (χ2v) is 5.77. The molecule has 110 valence electrons. The molecule has 0 N–H and O–H groups in total. The molecule has 20 heavy (non-hydrogen) atoms. The fourth-order valence-corrected chi connectivity index (χ4v) is 1.95. The first kappa shape index (κ1) is 6.05. The maximum atomic E-state index is 8.14. The van der Waals surface area contributed by atoms with Crippen molar-refractivity contribution in [3.05, 3.63) is 11.8 Å². The summed E-state index contributed by atoms with van der Waals surface area (Å²) in [5, 5.41) is 0. The molecule has 2 aliphatic heterocycles. The lowest BCUT2D eigenvalue weighted by atomic mass is 9.79. The van der Waals surface area contributed by atoms with E-state index in [4.69, 9.17) is 28.8 Å². The fraction of sp³-hybridized carbons (Fsp3) is 0.733. The highest BCUT2D eigenvalue weighted by Gasteiger charge is 2.52. The summed E-state index contributed by atoms with van der Waals surface area (Å²) in [5.41, 5.74) is -1.81. The molecule has 0 atom stereocenters. The van der Waals surface area contributed by atoms with Crippen molar-refractivity contribution in [2.24, 2.45) is 0 Å². The van der Waals surface area contributed by atoms with Gasteiger partial charge in [-0.15, -0.1) is 0 Å². The Morgan fingerprint density at radius 3 is 2.35 bits per heavy atom. The van der Waals surface area contributed by atoms with Crippen LogP contribution in [-0.2, 0) is 9.31 Å². The Labute approximate surface area is 137 Å². The van der Waals surface area contributed by atoms with Crippen molar-refractivity contribution in [3.63, 3.8) is 0 Å². The van der Waals surface area contributed by atoms with E-state index in [0.29, 0.717) is 0 Å². The van der Waals surface area contributed by atoms with E-state index in [0.717, 1.165) is 6.07 Å². The Kier molecular flexibility index (Phi) is 1.37. The van der Waals surface area contributed by atoms with Gasteiger partial charge in [-0.1, -0.05) is 0 Å². The summed E-state index contributed by atoms with van der Waals surface area (Å²) in [6.07, 6.45) is -6.58. The second-order valence-electron chi connectivity index (χ2n) is 5.77. The SMILES string of the molecule is [2H]C([2H])([2H])c1oc(N2C([2H])([2H])C([2H])([2H])C([2H])([2H])C2([2H])[2H])cc1B1OC(C)(C)C(C)(C)O1. The zero-order chi connectivity index (χ0) is 24.2. The summed E-state index contributed by atoms with van der Waals surface area (Å²) in [6.45, 7) is -2.32. The van der Waals surface area contributed by atoms with Gasteiger partial charge in [0.05, 0.1) is 11.2 Å². The Bertz CT molecular complexity index is 851. The van der Waals surface area contributed by atoms with E-state index in [-0.39, 0.29) is 10.4 Å². The minimum atomic E-state index is -3.29.